The number of anilines is 1. The number of carbonyl (C=O) groups is 1. The number of thiophene rings is 1. The minimum Gasteiger partial charge on any atom is -0.442 e. The number of piperidine rings is 1. The summed E-state index contributed by atoms with van der Waals surface area (Å²) >= 11 is 6.18. The second-order valence-electron chi connectivity index (χ2n) is 8.31. The highest BCUT2D eigenvalue weighted by Gasteiger charge is 2.33. The SMILES string of the molecule is CC(=S)NC[C@H]1CN(c2ccc(C3CCN(Cc4ccc([N+](=O)[O-])s4)CC3)c(F)c2)C(=O)O1. The average molecular weight is 493 g/mol. The van der Waals surface area contributed by atoms with E-state index in [1.807, 2.05) is 0 Å². The normalized spacial score (nSPS) is 19.5. The third-order valence-electron chi connectivity index (χ3n) is 5.98. The lowest BCUT2D eigenvalue weighted by Gasteiger charge is -2.32. The predicted octanol–water partition coefficient (Wildman–Crippen LogP) is 4.44. The van der Waals surface area contributed by atoms with Gasteiger partial charge >= 0.3 is 11.1 Å². The summed E-state index contributed by atoms with van der Waals surface area (Å²) in [5.74, 6) is -0.218. The fourth-order valence-corrected chi connectivity index (χ4v) is 5.23. The predicted molar refractivity (Wildman–Crippen MR) is 129 cm³/mol. The fourth-order valence-electron chi connectivity index (χ4n) is 4.28. The number of nitrogens with zero attached hydrogens (tertiary/aromatic N) is 3. The molecule has 0 unspecified atom stereocenters. The number of benzene rings is 1. The summed E-state index contributed by atoms with van der Waals surface area (Å²) in [6.45, 7) is 4.79. The molecule has 1 aromatic carbocycles. The lowest BCUT2D eigenvalue weighted by Crippen LogP contribution is -2.33. The quantitative estimate of drug-likeness (QED) is 0.347. The third-order valence-corrected chi connectivity index (χ3v) is 7.15. The van der Waals surface area contributed by atoms with Gasteiger partial charge in [0.2, 0.25) is 0 Å². The summed E-state index contributed by atoms with van der Waals surface area (Å²) in [6, 6.07) is 8.30. The van der Waals surface area contributed by atoms with E-state index in [0.717, 1.165) is 30.8 Å². The van der Waals surface area contributed by atoms with Crippen LogP contribution in [0.5, 0.6) is 0 Å². The lowest BCUT2D eigenvalue weighted by molar-refractivity contribution is -0.380. The molecule has 0 spiro atoms. The van der Waals surface area contributed by atoms with Gasteiger partial charge in [-0.05, 0) is 62.5 Å². The molecule has 0 saturated carbocycles. The summed E-state index contributed by atoms with van der Waals surface area (Å²) in [4.78, 5) is 28.0. The number of ether oxygens (including phenoxy) is 1. The standard InChI is InChI=1S/C22H25FN4O4S2/c1-14(32)24-11-17-12-26(22(28)31-17)16-2-4-19(20(23)10-16)15-6-8-25(9-7-15)13-18-3-5-21(33-18)27(29)30/h2-5,10,15,17H,6-9,11-13H2,1H3,(H,24,32)/t17-/m0/s1. The first-order valence-electron chi connectivity index (χ1n) is 10.8. The van der Waals surface area contributed by atoms with E-state index < -0.39 is 6.09 Å². The first-order valence-corrected chi connectivity index (χ1v) is 12.0. The van der Waals surface area contributed by atoms with E-state index in [0.29, 0.717) is 35.9 Å². The second-order valence-corrected chi connectivity index (χ2v) is 10.1. The summed E-state index contributed by atoms with van der Waals surface area (Å²) in [5.41, 5.74) is 1.15. The molecule has 1 atom stereocenters. The number of rotatable bonds is 7. The third kappa shape index (κ3) is 5.66. The van der Waals surface area contributed by atoms with Gasteiger partial charge in [-0.3, -0.25) is 19.9 Å². The first kappa shape index (κ1) is 23.5. The molecule has 2 aliphatic rings. The van der Waals surface area contributed by atoms with Crippen molar-refractivity contribution in [3.8, 4) is 0 Å². The molecule has 1 aromatic heterocycles. The van der Waals surface area contributed by atoms with Crippen molar-refractivity contribution in [3.05, 3.63) is 56.7 Å². The zero-order valence-corrected chi connectivity index (χ0v) is 19.8. The highest BCUT2D eigenvalue weighted by molar-refractivity contribution is 7.80. The van der Waals surface area contributed by atoms with Gasteiger partial charge in [-0.25, -0.2) is 9.18 Å². The monoisotopic (exact) mass is 492 g/mol. The van der Waals surface area contributed by atoms with Crippen molar-refractivity contribution in [3.63, 3.8) is 0 Å². The Bertz CT molecular complexity index is 1050. The van der Waals surface area contributed by atoms with Crippen LogP contribution in [0, 0.1) is 15.9 Å². The number of nitrogens with one attached hydrogen (secondary N) is 1. The van der Waals surface area contributed by atoms with Gasteiger partial charge < -0.3 is 10.1 Å². The molecule has 3 heterocycles. The van der Waals surface area contributed by atoms with Crippen molar-refractivity contribution < 1.29 is 18.8 Å². The molecular formula is C22H25FN4O4S2. The number of hydrogen-bond acceptors (Lipinski definition) is 7. The molecule has 8 nitrogen and oxygen atoms in total. The number of cyclic esters (lactones) is 1. The Labute approximate surface area is 200 Å². The maximum atomic E-state index is 15.0. The van der Waals surface area contributed by atoms with Crippen LogP contribution in [0.2, 0.25) is 0 Å². The molecule has 0 radical (unpaired) electrons. The molecule has 1 N–H and O–H groups in total. The number of nitro groups is 1. The van der Waals surface area contributed by atoms with Crippen molar-refractivity contribution >= 4 is 45.3 Å². The van der Waals surface area contributed by atoms with Crippen molar-refractivity contribution in [2.75, 3.05) is 31.1 Å². The number of halogens is 1. The van der Waals surface area contributed by atoms with E-state index in [1.165, 1.54) is 28.4 Å². The van der Waals surface area contributed by atoms with Crippen molar-refractivity contribution in [1.82, 2.24) is 10.2 Å². The molecule has 2 aliphatic heterocycles. The molecule has 33 heavy (non-hydrogen) atoms. The van der Waals surface area contributed by atoms with E-state index in [1.54, 1.807) is 25.1 Å². The number of carbonyl (C=O) groups excluding carboxylic acids is 1. The molecule has 4 rings (SSSR count). The Balaban J connectivity index is 1.33. The highest BCUT2D eigenvalue weighted by atomic mass is 32.1. The van der Waals surface area contributed by atoms with Crippen LogP contribution >= 0.6 is 23.6 Å². The minimum atomic E-state index is -0.488. The van der Waals surface area contributed by atoms with E-state index in [4.69, 9.17) is 17.0 Å². The van der Waals surface area contributed by atoms with Gasteiger partial charge in [0.15, 0.2) is 0 Å². The van der Waals surface area contributed by atoms with E-state index in [2.05, 4.69) is 10.2 Å². The largest absolute Gasteiger partial charge is 0.442 e. The average Bonchev–Trinajstić information content (AvgIpc) is 3.39. The molecule has 176 valence electrons. The fraction of sp³-hybridized carbons (Fsp3) is 0.455. The van der Waals surface area contributed by atoms with E-state index >= 15 is 4.39 Å². The van der Waals surface area contributed by atoms with Gasteiger partial charge in [0.05, 0.1) is 28.7 Å². The van der Waals surface area contributed by atoms with Crippen LogP contribution in [0.4, 0.5) is 19.9 Å². The smallest absolute Gasteiger partial charge is 0.414 e. The van der Waals surface area contributed by atoms with Gasteiger partial charge in [-0.1, -0.05) is 29.6 Å². The van der Waals surface area contributed by atoms with Gasteiger partial charge in [-0.15, -0.1) is 0 Å². The molecule has 1 amide bonds. The summed E-state index contributed by atoms with van der Waals surface area (Å²) in [5, 5.41) is 14.0. The zero-order chi connectivity index (χ0) is 23.5. The number of hydrogen-bond donors (Lipinski definition) is 1. The molecule has 0 aliphatic carbocycles. The maximum absolute atomic E-state index is 15.0. The van der Waals surface area contributed by atoms with Crippen LogP contribution in [0.1, 0.15) is 36.1 Å². The minimum absolute atomic E-state index is 0.0982. The van der Waals surface area contributed by atoms with Gasteiger partial charge in [0, 0.05) is 17.5 Å². The van der Waals surface area contributed by atoms with Crippen LogP contribution in [0.3, 0.4) is 0 Å². The van der Waals surface area contributed by atoms with Crippen LogP contribution in [-0.2, 0) is 11.3 Å². The van der Waals surface area contributed by atoms with Crippen molar-refractivity contribution in [2.24, 2.45) is 0 Å². The topological polar surface area (TPSA) is 88.0 Å². The summed E-state index contributed by atoms with van der Waals surface area (Å²) < 4.78 is 20.3. The number of likely N-dealkylation sites (tertiary alicyclic amines) is 1. The van der Waals surface area contributed by atoms with Gasteiger partial charge in [0.1, 0.15) is 11.9 Å². The lowest BCUT2D eigenvalue weighted by atomic mass is 9.89. The summed E-state index contributed by atoms with van der Waals surface area (Å²) in [7, 11) is 0. The Kier molecular flexibility index (Phi) is 7.20. The van der Waals surface area contributed by atoms with Crippen LogP contribution in [0.25, 0.3) is 0 Å². The van der Waals surface area contributed by atoms with E-state index in [-0.39, 0.29) is 27.8 Å². The van der Waals surface area contributed by atoms with Gasteiger partial charge in [-0.2, -0.15) is 0 Å². The van der Waals surface area contributed by atoms with Crippen LogP contribution < -0.4 is 10.2 Å². The number of thiocarbonyl (C=S) groups is 1. The Hall–Kier alpha value is -2.63. The zero-order valence-electron chi connectivity index (χ0n) is 18.2. The van der Waals surface area contributed by atoms with E-state index in [9.17, 15) is 14.9 Å². The molecule has 11 heteroatoms. The van der Waals surface area contributed by atoms with Crippen molar-refractivity contribution in [2.45, 2.75) is 38.3 Å². The Morgan fingerprint density at radius 2 is 2.09 bits per heavy atom. The Morgan fingerprint density at radius 3 is 2.73 bits per heavy atom. The maximum Gasteiger partial charge on any atom is 0.414 e. The molecule has 2 fully saturated rings. The van der Waals surface area contributed by atoms with Gasteiger partial charge in [0.25, 0.3) is 0 Å². The molecule has 2 aromatic rings. The first-order chi connectivity index (χ1) is 15.8. The van der Waals surface area contributed by atoms with Crippen LogP contribution in [-0.4, -0.2) is 53.2 Å². The highest BCUT2D eigenvalue weighted by Crippen LogP contribution is 2.34. The molecule has 0 bridgehead atoms. The summed E-state index contributed by atoms with van der Waals surface area (Å²) in [6.07, 6.45) is 0.783. The second kappa shape index (κ2) is 10.1. The Morgan fingerprint density at radius 1 is 1.33 bits per heavy atom. The van der Waals surface area contributed by atoms with Crippen molar-refractivity contribution in [1.29, 1.82) is 0 Å². The number of amides is 1. The molecular weight excluding hydrogens is 467 g/mol. The molecule has 2 saturated heterocycles. The van der Waals surface area contributed by atoms with Crippen LogP contribution in [0.15, 0.2) is 30.3 Å².